The van der Waals surface area contributed by atoms with Crippen molar-refractivity contribution in [2.24, 2.45) is 5.92 Å². The lowest BCUT2D eigenvalue weighted by Crippen LogP contribution is -3.11. The average molecular weight is 302 g/mol. The van der Waals surface area contributed by atoms with Gasteiger partial charge in [-0.2, -0.15) is 0 Å². The zero-order chi connectivity index (χ0) is 15.9. The van der Waals surface area contributed by atoms with E-state index < -0.39 is 0 Å². The average Bonchev–Trinajstić information content (AvgIpc) is 2.44. The van der Waals surface area contributed by atoms with Gasteiger partial charge in [-0.05, 0) is 49.8 Å². The lowest BCUT2D eigenvalue weighted by atomic mass is 9.97. The van der Waals surface area contributed by atoms with E-state index in [1.54, 1.807) is 0 Å². The first kappa shape index (κ1) is 15.1. The van der Waals surface area contributed by atoms with Gasteiger partial charge in [-0.25, -0.2) is 4.79 Å². The van der Waals surface area contributed by atoms with Crippen LogP contribution >= 0.6 is 0 Å². The summed E-state index contributed by atoms with van der Waals surface area (Å²) >= 11 is 0. The molecule has 1 aromatic carbocycles. The van der Waals surface area contributed by atoms with Gasteiger partial charge in [0.2, 0.25) is 0 Å². The number of piperidine rings is 1. The first-order valence-corrected chi connectivity index (χ1v) is 8.05. The van der Waals surface area contributed by atoms with Crippen LogP contribution in [-0.4, -0.2) is 18.2 Å². The number of aromatic hydroxyl groups is 1. The molecule has 1 fully saturated rings. The molecule has 1 aliphatic heterocycles. The Hall–Kier alpha value is -1.81. The van der Waals surface area contributed by atoms with E-state index in [0.29, 0.717) is 11.0 Å². The molecule has 0 amide bonds. The van der Waals surface area contributed by atoms with Crippen LogP contribution in [0.15, 0.2) is 21.3 Å². The fourth-order valence-corrected chi connectivity index (χ4v) is 3.48. The molecule has 0 atom stereocenters. The fraction of sp³-hybridized carbons (Fsp3) is 0.500. The number of rotatable bonds is 2. The van der Waals surface area contributed by atoms with E-state index >= 15 is 0 Å². The molecule has 2 N–H and O–H groups in total. The van der Waals surface area contributed by atoms with Crippen molar-refractivity contribution in [3.63, 3.8) is 0 Å². The second kappa shape index (κ2) is 5.76. The van der Waals surface area contributed by atoms with Gasteiger partial charge in [0.1, 0.15) is 17.9 Å². The Morgan fingerprint density at radius 1 is 1.23 bits per heavy atom. The van der Waals surface area contributed by atoms with Crippen molar-refractivity contribution in [1.82, 2.24) is 0 Å². The van der Waals surface area contributed by atoms with Gasteiger partial charge in [0.05, 0.1) is 24.0 Å². The first-order valence-electron chi connectivity index (χ1n) is 8.05. The molecule has 118 valence electrons. The number of likely N-dealkylation sites (tertiary alicyclic amines) is 1. The van der Waals surface area contributed by atoms with Gasteiger partial charge in [0.15, 0.2) is 0 Å². The van der Waals surface area contributed by atoms with Gasteiger partial charge in [0, 0.05) is 6.07 Å². The Bertz CT molecular complexity index is 755. The normalized spacial score (nSPS) is 22.1. The molecule has 0 radical (unpaired) electrons. The highest BCUT2D eigenvalue weighted by molar-refractivity contribution is 5.88. The Balaban J connectivity index is 2.01. The molecule has 0 aliphatic carbocycles. The molecule has 1 saturated heterocycles. The molecule has 4 nitrogen and oxygen atoms in total. The molecule has 2 aromatic rings. The Kier molecular flexibility index (Phi) is 3.96. The van der Waals surface area contributed by atoms with Crippen LogP contribution in [0.3, 0.4) is 0 Å². The summed E-state index contributed by atoms with van der Waals surface area (Å²) in [6.07, 6.45) is 2.49. The zero-order valence-electron chi connectivity index (χ0n) is 13.5. The summed E-state index contributed by atoms with van der Waals surface area (Å²) < 4.78 is 5.24. The van der Waals surface area contributed by atoms with Crippen LogP contribution in [0.5, 0.6) is 5.75 Å². The van der Waals surface area contributed by atoms with Crippen molar-refractivity contribution in [1.29, 1.82) is 0 Å². The summed E-state index contributed by atoms with van der Waals surface area (Å²) in [5, 5.41) is 11.4. The molecule has 22 heavy (non-hydrogen) atoms. The predicted molar refractivity (Wildman–Crippen MR) is 86.4 cm³/mol. The first-order chi connectivity index (χ1) is 10.5. The van der Waals surface area contributed by atoms with Gasteiger partial charge >= 0.3 is 5.63 Å². The van der Waals surface area contributed by atoms with Crippen LogP contribution in [0.4, 0.5) is 0 Å². The molecular weight excluding hydrogens is 278 g/mol. The van der Waals surface area contributed by atoms with E-state index in [2.05, 4.69) is 6.92 Å². The third-order valence-electron chi connectivity index (χ3n) is 4.94. The molecular formula is C18H24NO3+. The van der Waals surface area contributed by atoms with Crippen LogP contribution in [0.1, 0.15) is 36.5 Å². The van der Waals surface area contributed by atoms with E-state index in [-0.39, 0.29) is 11.4 Å². The minimum atomic E-state index is -0.368. The van der Waals surface area contributed by atoms with Crippen LogP contribution < -0.4 is 10.5 Å². The minimum Gasteiger partial charge on any atom is -0.507 e. The summed E-state index contributed by atoms with van der Waals surface area (Å²) in [5.74, 6) is 1.09. The van der Waals surface area contributed by atoms with E-state index in [9.17, 15) is 9.90 Å². The van der Waals surface area contributed by atoms with Gasteiger partial charge in [-0.1, -0.05) is 6.92 Å². The van der Waals surface area contributed by atoms with E-state index in [4.69, 9.17) is 4.42 Å². The Labute approximate surface area is 130 Å². The number of nitrogens with one attached hydrogen (secondary N) is 1. The molecule has 0 unspecified atom stereocenters. The summed E-state index contributed by atoms with van der Waals surface area (Å²) in [6.45, 7) is 9.26. The third-order valence-corrected chi connectivity index (χ3v) is 4.94. The smallest absolute Gasteiger partial charge is 0.336 e. The maximum atomic E-state index is 11.5. The Morgan fingerprint density at radius 2 is 1.91 bits per heavy atom. The summed E-state index contributed by atoms with van der Waals surface area (Å²) in [5.41, 5.74) is 2.85. The monoisotopic (exact) mass is 302 g/mol. The minimum absolute atomic E-state index is 0.280. The second-order valence-corrected chi connectivity index (χ2v) is 6.75. The highest BCUT2D eigenvalue weighted by Gasteiger charge is 2.23. The van der Waals surface area contributed by atoms with Crippen LogP contribution in [0.2, 0.25) is 0 Å². The van der Waals surface area contributed by atoms with Crippen LogP contribution in [0, 0.1) is 19.8 Å². The van der Waals surface area contributed by atoms with Crippen molar-refractivity contribution in [3.05, 3.63) is 39.2 Å². The number of hydrogen-bond donors (Lipinski definition) is 2. The van der Waals surface area contributed by atoms with Gasteiger partial charge in [-0.15, -0.1) is 0 Å². The van der Waals surface area contributed by atoms with Crippen molar-refractivity contribution in [3.8, 4) is 5.75 Å². The van der Waals surface area contributed by atoms with E-state index in [0.717, 1.165) is 42.2 Å². The molecule has 2 heterocycles. The standard InChI is InChI=1S/C18H23NO3/c1-11-4-6-19(7-5-11)10-14-12(2)8-15-17(18(14)21)13(3)9-16(20)22-15/h8-9,11,21H,4-7,10H2,1-3H3/p+1. The largest absolute Gasteiger partial charge is 0.507 e. The lowest BCUT2D eigenvalue weighted by Gasteiger charge is -2.28. The SMILES string of the molecule is Cc1cc2oc(=O)cc(C)c2c(O)c1C[NH+]1CCC(C)CC1. The number of benzene rings is 1. The van der Waals surface area contributed by atoms with Crippen molar-refractivity contribution >= 4 is 11.0 Å². The predicted octanol–water partition coefficient (Wildman–Crippen LogP) is 1.93. The molecule has 3 rings (SSSR count). The number of hydrogen-bond acceptors (Lipinski definition) is 3. The summed E-state index contributed by atoms with van der Waals surface area (Å²) in [4.78, 5) is 13.0. The molecule has 4 heteroatoms. The molecule has 0 saturated carbocycles. The molecule has 0 spiro atoms. The van der Waals surface area contributed by atoms with Crippen LogP contribution in [0.25, 0.3) is 11.0 Å². The van der Waals surface area contributed by atoms with Crippen molar-refractivity contribution < 1.29 is 14.4 Å². The van der Waals surface area contributed by atoms with Crippen LogP contribution in [-0.2, 0) is 6.54 Å². The number of fused-ring (bicyclic) bond motifs is 1. The molecule has 0 bridgehead atoms. The van der Waals surface area contributed by atoms with E-state index in [1.807, 2.05) is 19.9 Å². The number of quaternary nitrogens is 1. The molecule has 1 aromatic heterocycles. The second-order valence-electron chi connectivity index (χ2n) is 6.75. The summed E-state index contributed by atoms with van der Waals surface area (Å²) in [6, 6.07) is 3.32. The zero-order valence-corrected chi connectivity index (χ0v) is 13.5. The van der Waals surface area contributed by atoms with Gasteiger partial charge < -0.3 is 14.4 Å². The number of phenolic OH excluding ortho intramolecular Hbond substituents is 1. The highest BCUT2D eigenvalue weighted by Crippen LogP contribution is 2.32. The fourth-order valence-electron chi connectivity index (χ4n) is 3.48. The van der Waals surface area contributed by atoms with E-state index in [1.165, 1.54) is 23.8 Å². The van der Waals surface area contributed by atoms with Gasteiger partial charge in [0.25, 0.3) is 0 Å². The third kappa shape index (κ3) is 2.75. The Morgan fingerprint density at radius 3 is 2.59 bits per heavy atom. The maximum absolute atomic E-state index is 11.5. The van der Waals surface area contributed by atoms with Crippen molar-refractivity contribution in [2.45, 2.75) is 40.2 Å². The van der Waals surface area contributed by atoms with Crippen molar-refractivity contribution in [2.75, 3.05) is 13.1 Å². The summed E-state index contributed by atoms with van der Waals surface area (Å²) in [7, 11) is 0. The maximum Gasteiger partial charge on any atom is 0.336 e. The molecule has 1 aliphatic rings. The topological polar surface area (TPSA) is 54.9 Å². The highest BCUT2D eigenvalue weighted by atomic mass is 16.4. The van der Waals surface area contributed by atoms with Gasteiger partial charge in [-0.3, -0.25) is 0 Å². The number of phenols is 1. The lowest BCUT2D eigenvalue weighted by molar-refractivity contribution is -0.919. The quantitative estimate of drug-likeness (QED) is 0.834. The number of aryl methyl sites for hydroxylation is 2.